The monoisotopic (exact) mass is 494 g/mol. The maximum absolute atomic E-state index is 12.8. The summed E-state index contributed by atoms with van der Waals surface area (Å²) in [7, 11) is -1.88. The number of rotatable bonds is 8. The molecule has 1 amide bonds. The molecule has 0 aromatic heterocycles. The molecule has 1 aliphatic rings. The molecule has 0 unspecified atom stereocenters. The highest BCUT2D eigenvalue weighted by molar-refractivity contribution is 9.10. The molecule has 0 aliphatic carbocycles. The van der Waals surface area contributed by atoms with Crippen LogP contribution in [0.1, 0.15) is 31.4 Å². The lowest BCUT2D eigenvalue weighted by Gasteiger charge is -2.20. The molecule has 2 aromatic rings. The van der Waals surface area contributed by atoms with Gasteiger partial charge < -0.3 is 9.64 Å². The van der Waals surface area contributed by atoms with Crippen LogP contribution in [0, 0.1) is 0 Å². The lowest BCUT2D eigenvalue weighted by molar-refractivity contribution is -0.118. The molecule has 162 valence electrons. The highest BCUT2D eigenvalue weighted by Crippen LogP contribution is 2.32. The van der Waals surface area contributed by atoms with Gasteiger partial charge in [-0.2, -0.15) is 4.31 Å². The van der Waals surface area contributed by atoms with Gasteiger partial charge in [0, 0.05) is 31.7 Å². The third kappa shape index (κ3) is 4.55. The average Bonchev–Trinajstić information content (AvgIpc) is 3.16. The van der Waals surface area contributed by atoms with Gasteiger partial charge in [0.25, 0.3) is 0 Å². The third-order valence-corrected chi connectivity index (χ3v) is 8.10. The minimum atomic E-state index is -3.50. The van der Waals surface area contributed by atoms with Gasteiger partial charge in [-0.1, -0.05) is 19.9 Å². The van der Waals surface area contributed by atoms with Crippen molar-refractivity contribution in [2.24, 2.45) is 0 Å². The quantitative estimate of drug-likeness (QED) is 0.555. The van der Waals surface area contributed by atoms with Gasteiger partial charge in [0.2, 0.25) is 15.9 Å². The number of carbonyl (C=O) groups excluding carboxylic acids is 1. The molecule has 1 aliphatic heterocycles. The molecule has 0 N–H and O–H groups in total. The maximum atomic E-state index is 12.8. The fraction of sp³-hybridized carbons (Fsp3) is 0.409. The standard InChI is InChI=1S/C22H27BrN2O4S/c1-4-24(5-2)30(27,28)18-8-9-20-17(15-18)12-13-25(20)22(26)11-7-16-6-10-21(29-3)19(23)14-16/h6,8-10,14-15H,4-5,7,11-13H2,1-3H3. The van der Waals surface area contributed by atoms with Crippen LogP contribution in [-0.2, 0) is 27.7 Å². The second-order valence-corrected chi connectivity index (χ2v) is 9.94. The maximum Gasteiger partial charge on any atom is 0.243 e. The van der Waals surface area contributed by atoms with E-state index in [-0.39, 0.29) is 5.91 Å². The minimum absolute atomic E-state index is 0.0417. The molecule has 2 aromatic carbocycles. The topological polar surface area (TPSA) is 66.9 Å². The van der Waals surface area contributed by atoms with E-state index in [9.17, 15) is 13.2 Å². The molecule has 0 saturated heterocycles. The van der Waals surface area contributed by atoms with Crippen molar-refractivity contribution in [3.05, 3.63) is 52.0 Å². The van der Waals surface area contributed by atoms with Crippen LogP contribution in [0.15, 0.2) is 45.8 Å². The van der Waals surface area contributed by atoms with E-state index >= 15 is 0 Å². The van der Waals surface area contributed by atoms with Gasteiger partial charge in [-0.3, -0.25) is 4.79 Å². The lowest BCUT2D eigenvalue weighted by atomic mass is 10.1. The molecular formula is C22H27BrN2O4S. The Kier molecular flexibility index (Phi) is 7.21. The van der Waals surface area contributed by atoms with Crippen LogP contribution in [0.4, 0.5) is 5.69 Å². The summed E-state index contributed by atoms with van der Waals surface area (Å²) in [5.74, 6) is 0.800. The largest absolute Gasteiger partial charge is 0.496 e. The summed E-state index contributed by atoms with van der Waals surface area (Å²) in [6, 6.07) is 10.9. The smallest absolute Gasteiger partial charge is 0.243 e. The number of hydrogen-bond donors (Lipinski definition) is 0. The second kappa shape index (κ2) is 9.49. The number of carbonyl (C=O) groups is 1. The number of nitrogens with zero attached hydrogens (tertiary/aromatic N) is 2. The zero-order valence-electron chi connectivity index (χ0n) is 17.5. The van der Waals surface area contributed by atoms with Crippen molar-refractivity contribution in [3.8, 4) is 5.75 Å². The van der Waals surface area contributed by atoms with E-state index in [1.165, 1.54) is 4.31 Å². The summed E-state index contributed by atoms with van der Waals surface area (Å²) >= 11 is 3.47. The molecule has 0 saturated carbocycles. The van der Waals surface area contributed by atoms with Crippen molar-refractivity contribution in [3.63, 3.8) is 0 Å². The Labute approximate surface area is 187 Å². The first-order chi connectivity index (χ1) is 14.3. The predicted octanol–water partition coefficient (Wildman–Crippen LogP) is 4.01. The Bertz CT molecular complexity index is 1040. The first-order valence-electron chi connectivity index (χ1n) is 10.1. The molecule has 0 atom stereocenters. The number of sulfonamides is 1. The molecule has 8 heteroatoms. The fourth-order valence-corrected chi connectivity index (χ4v) is 5.86. The number of methoxy groups -OCH3 is 1. The molecule has 0 fully saturated rings. The normalized spacial score (nSPS) is 13.6. The van der Waals surface area contributed by atoms with Crippen LogP contribution in [0.3, 0.4) is 0 Å². The van der Waals surface area contributed by atoms with E-state index in [1.807, 2.05) is 32.0 Å². The summed E-state index contributed by atoms with van der Waals surface area (Å²) in [5, 5.41) is 0. The number of halogens is 1. The zero-order valence-corrected chi connectivity index (χ0v) is 19.9. The number of hydrogen-bond acceptors (Lipinski definition) is 4. The average molecular weight is 495 g/mol. The van der Waals surface area contributed by atoms with Gasteiger partial charge in [0.05, 0.1) is 16.5 Å². The Morgan fingerprint density at radius 1 is 1.17 bits per heavy atom. The molecule has 3 rings (SSSR count). The zero-order chi connectivity index (χ0) is 21.9. The van der Waals surface area contributed by atoms with Crippen LogP contribution >= 0.6 is 15.9 Å². The molecule has 0 radical (unpaired) electrons. The van der Waals surface area contributed by atoms with Crippen molar-refractivity contribution in [2.75, 3.05) is 31.6 Å². The summed E-state index contributed by atoms with van der Waals surface area (Å²) < 4.78 is 33.1. The fourth-order valence-electron chi connectivity index (χ4n) is 3.76. The summed E-state index contributed by atoms with van der Waals surface area (Å²) in [5.41, 5.74) is 2.77. The van der Waals surface area contributed by atoms with E-state index in [2.05, 4.69) is 15.9 Å². The summed E-state index contributed by atoms with van der Waals surface area (Å²) in [4.78, 5) is 14.9. The van der Waals surface area contributed by atoms with Crippen molar-refractivity contribution < 1.29 is 17.9 Å². The summed E-state index contributed by atoms with van der Waals surface area (Å²) in [6.45, 7) is 5.10. The Morgan fingerprint density at radius 3 is 2.53 bits per heavy atom. The van der Waals surface area contributed by atoms with Crippen LogP contribution in [0.25, 0.3) is 0 Å². The molecule has 30 heavy (non-hydrogen) atoms. The van der Waals surface area contributed by atoms with Crippen LogP contribution in [0.5, 0.6) is 5.75 Å². The number of amides is 1. The first kappa shape index (κ1) is 22.8. The molecular weight excluding hydrogens is 468 g/mol. The number of benzene rings is 2. The first-order valence-corrected chi connectivity index (χ1v) is 12.3. The van der Waals surface area contributed by atoms with Crippen LogP contribution in [0.2, 0.25) is 0 Å². The van der Waals surface area contributed by atoms with E-state index in [1.54, 1.807) is 30.2 Å². The van der Waals surface area contributed by atoms with E-state index in [0.29, 0.717) is 43.8 Å². The van der Waals surface area contributed by atoms with E-state index in [4.69, 9.17) is 4.74 Å². The number of anilines is 1. The van der Waals surface area contributed by atoms with Gasteiger partial charge in [-0.25, -0.2) is 8.42 Å². The van der Waals surface area contributed by atoms with Gasteiger partial charge in [-0.15, -0.1) is 0 Å². The SMILES string of the molecule is CCN(CC)S(=O)(=O)c1ccc2c(c1)CCN2C(=O)CCc1ccc(OC)c(Br)c1. The third-order valence-electron chi connectivity index (χ3n) is 5.43. The van der Waals surface area contributed by atoms with Crippen molar-refractivity contribution >= 4 is 37.5 Å². The highest BCUT2D eigenvalue weighted by atomic mass is 79.9. The Hall–Kier alpha value is -1.90. The Balaban J connectivity index is 1.72. The second-order valence-electron chi connectivity index (χ2n) is 7.14. The van der Waals surface area contributed by atoms with Crippen LogP contribution in [-0.4, -0.2) is 45.4 Å². The van der Waals surface area contributed by atoms with Gasteiger partial charge in [0.15, 0.2) is 0 Å². The van der Waals surface area contributed by atoms with E-state index < -0.39 is 10.0 Å². The number of ether oxygens (including phenoxy) is 1. The van der Waals surface area contributed by atoms with Gasteiger partial charge >= 0.3 is 0 Å². The van der Waals surface area contributed by atoms with Crippen molar-refractivity contribution in [1.29, 1.82) is 0 Å². The lowest BCUT2D eigenvalue weighted by Crippen LogP contribution is -2.30. The molecule has 6 nitrogen and oxygen atoms in total. The van der Waals surface area contributed by atoms with Crippen molar-refractivity contribution in [1.82, 2.24) is 4.31 Å². The van der Waals surface area contributed by atoms with Gasteiger partial charge in [0.1, 0.15) is 5.75 Å². The molecule has 0 spiro atoms. The number of fused-ring (bicyclic) bond motifs is 1. The highest BCUT2D eigenvalue weighted by Gasteiger charge is 2.28. The molecule has 0 bridgehead atoms. The predicted molar refractivity (Wildman–Crippen MR) is 122 cm³/mol. The van der Waals surface area contributed by atoms with Gasteiger partial charge in [-0.05, 0) is 70.2 Å². The summed E-state index contributed by atoms with van der Waals surface area (Å²) in [6.07, 6.45) is 1.68. The van der Waals surface area contributed by atoms with E-state index in [0.717, 1.165) is 27.0 Å². The van der Waals surface area contributed by atoms with Crippen molar-refractivity contribution in [2.45, 2.75) is 38.0 Å². The minimum Gasteiger partial charge on any atom is -0.496 e. The molecule has 1 heterocycles. The number of aryl methyl sites for hydroxylation is 1. The Morgan fingerprint density at radius 2 is 1.90 bits per heavy atom. The van der Waals surface area contributed by atoms with Crippen LogP contribution < -0.4 is 9.64 Å².